The van der Waals surface area contributed by atoms with E-state index in [-0.39, 0.29) is 19.4 Å². The van der Waals surface area contributed by atoms with Crippen LogP contribution in [0.25, 0.3) is 0 Å². The molecule has 18 heavy (non-hydrogen) atoms. The van der Waals surface area contributed by atoms with Crippen LogP contribution in [0, 0.1) is 0 Å². The van der Waals surface area contributed by atoms with E-state index in [0.29, 0.717) is 0 Å². The monoisotopic (exact) mass is 296 g/mol. The highest BCUT2D eigenvalue weighted by atomic mass is 31.2. The van der Waals surface area contributed by atoms with Gasteiger partial charge >= 0.3 is 19.9 Å². The van der Waals surface area contributed by atoms with E-state index in [1.54, 1.807) is 13.8 Å². The second-order valence-electron chi connectivity index (χ2n) is 3.28. The lowest BCUT2D eigenvalue weighted by Gasteiger charge is -2.18. The molecule has 0 fully saturated rings. The molecule has 110 valence electrons. The Kier molecular flexibility index (Phi) is 8.02. The second kappa shape index (κ2) is 8.09. The molecule has 0 aromatic rings. The van der Waals surface area contributed by atoms with Gasteiger partial charge in [0.1, 0.15) is 6.61 Å². The van der Waals surface area contributed by atoms with Gasteiger partial charge < -0.3 is 13.8 Å². The van der Waals surface area contributed by atoms with Crippen molar-refractivity contribution in [2.45, 2.75) is 26.2 Å². The standard InChI is InChI=1S/C9H17F4O4P/c1-3-16-18(14,17-4-2)6-5-15-7-9(12,13)8(10)11/h8H,3-7H2,1-2H3. The molecule has 0 amide bonds. The lowest BCUT2D eigenvalue weighted by atomic mass is 10.4. The van der Waals surface area contributed by atoms with Crippen molar-refractivity contribution in [1.29, 1.82) is 0 Å². The summed E-state index contributed by atoms with van der Waals surface area (Å²) in [4.78, 5) is 0. The average Bonchev–Trinajstić information content (AvgIpc) is 2.25. The van der Waals surface area contributed by atoms with Crippen molar-refractivity contribution < 1.29 is 35.9 Å². The third kappa shape index (κ3) is 6.68. The Labute approximate surface area is 103 Å². The molecule has 0 unspecified atom stereocenters. The van der Waals surface area contributed by atoms with E-state index < -0.39 is 33.2 Å². The topological polar surface area (TPSA) is 44.8 Å². The Bertz CT molecular complexity index is 265. The number of hydrogen-bond donors (Lipinski definition) is 0. The van der Waals surface area contributed by atoms with Gasteiger partial charge in [-0.25, -0.2) is 8.78 Å². The van der Waals surface area contributed by atoms with Crippen LogP contribution in [0.15, 0.2) is 0 Å². The predicted octanol–water partition coefficient (Wildman–Crippen LogP) is 3.17. The van der Waals surface area contributed by atoms with Crippen LogP contribution in [0.1, 0.15) is 13.8 Å². The Hall–Kier alpha value is -0.170. The maximum atomic E-state index is 12.5. The van der Waals surface area contributed by atoms with Crippen LogP contribution in [-0.2, 0) is 18.3 Å². The third-order valence-electron chi connectivity index (χ3n) is 1.77. The maximum Gasteiger partial charge on any atom is 0.332 e. The summed E-state index contributed by atoms with van der Waals surface area (Å²) in [6.45, 7) is 1.62. The van der Waals surface area contributed by atoms with Gasteiger partial charge in [0.2, 0.25) is 0 Å². The zero-order chi connectivity index (χ0) is 14.2. The molecule has 4 nitrogen and oxygen atoms in total. The highest BCUT2D eigenvalue weighted by Crippen LogP contribution is 2.47. The van der Waals surface area contributed by atoms with Crippen LogP contribution in [0.2, 0.25) is 0 Å². The zero-order valence-electron chi connectivity index (χ0n) is 10.2. The Morgan fingerprint density at radius 1 is 1.17 bits per heavy atom. The molecule has 0 bridgehead atoms. The highest BCUT2D eigenvalue weighted by Gasteiger charge is 2.41. The Morgan fingerprint density at radius 3 is 2.06 bits per heavy atom. The summed E-state index contributed by atoms with van der Waals surface area (Å²) in [6, 6.07) is 0. The van der Waals surface area contributed by atoms with Crippen molar-refractivity contribution in [1.82, 2.24) is 0 Å². The minimum Gasteiger partial charge on any atom is -0.374 e. The van der Waals surface area contributed by atoms with Crippen molar-refractivity contribution in [3.8, 4) is 0 Å². The molecule has 0 saturated heterocycles. The molecule has 0 aliphatic carbocycles. The molecule has 9 heteroatoms. The zero-order valence-corrected chi connectivity index (χ0v) is 11.1. The molecule has 0 radical (unpaired) electrons. The van der Waals surface area contributed by atoms with Crippen molar-refractivity contribution >= 4 is 7.60 Å². The summed E-state index contributed by atoms with van der Waals surface area (Å²) in [5, 5.41) is 0. The second-order valence-corrected chi connectivity index (χ2v) is 5.47. The van der Waals surface area contributed by atoms with Gasteiger partial charge in [-0.1, -0.05) is 0 Å². The van der Waals surface area contributed by atoms with Crippen molar-refractivity contribution in [2.75, 3.05) is 32.6 Å². The maximum absolute atomic E-state index is 12.5. The number of alkyl halides is 4. The summed E-state index contributed by atoms with van der Waals surface area (Å²) in [5.41, 5.74) is 0. The van der Waals surface area contributed by atoms with Gasteiger partial charge in [0, 0.05) is 0 Å². The quantitative estimate of drug-likeness (QED) is 0.353. The molecular weight excluding hydrogens is 279 g/mol. The molecule has 0 heterocycles. The normalized spacial score (nSPS) is 13.3. The molecule has 0 aliphatic rings. The number of rotatable bonds is 10. The van der Waals surface area contributed by atoms with E-state index >= 15 is 0 Å². The van der Waals surface area contributed by atoms with Gasteiger partial charge in [-0.3, -0.25) is 4.57 Å². The molecule has 0 aromatic heterocycles. The molecular formula is C9H17F4O4P. The van der Waals surface area contributed by atoms with Crippen molar-refractivity contribution in [3.63, 3.8) is 0 Å². The molecule has 0 atom stereocenters. The van der Waals surface area contributed by atoms with Crippen LogP contribution >= 0.6 is 7.60 Å². The molecule has 0 aliphatic heterocycles. The first-order valence-corrected chi connectivity index (χ1v) is 7.12. The third-order valence-corrected chi connectivity index (χ3v) is 3.81. The van der Waals surface area contributed by atoms with Gasteiger partial charge in [0.05, 0.1) is 26.0 Å². The average molecular weight is 296 g/mol. The first kappa shape index (κ1) is 17.8. The van der Waals surface area contributed by atoms with E-state index in [1.165, 1.54) is 0 Å². The summed E-state index contributed by atoms with van der Waals surface area (Å²) < 4.78 is 74.4. The van der Waals surface area contributed by atoms with E-state index in [2.05, 4.69) is 4.74 Å². The molecule has 0 saturated carbocycles. The van der Waals surface area contributed by atoms with E-state index in [9.17, 15) is 22.1 Å². The molecule has 0 rings (SSSR count). The van der Waals surface area contributed by atoms with Crippen molar-refractivity contribution in [3.05, 3.63) is 0 Å². The fraction of sp³-hybridized carbons (Fsp3) is 1.00. The van der Waals surface area contributed by atoms with Crippen LogP contribution < -0.4 is 0 Å². The molecule has 0 aromatic carbocycles. The number of ether oxygens (including phenoxy) is 1. The summed E-state index contributed by atoms with van der Waals surface area (Å²) >= 11 is 0. The smallest absolute Gasteiger partial charge is 0.332 e. The van der Waals surface area contributed by atoms with E-state index in [1.807, 2.05) is 0 Å². The molecule has 0 N–H and O–H groups in total. The minimum absolute atomic E-state index is 0.129. The highest BCUT2D eigenvalue weighted by molar-refractivity contribution is 7.53. The van der Waals surface area contributed by atoms with Gasteiger partial charge in [-0.15, -0.1) is 0 Å². The van der Waals surface area contributed by atoms with Crippen molar-refractivity contribution in [2.24, 2.45) is 0 Å². The van der Waals surface area contributed by atoms with Gasteiger partial charge in [-0.05, 0) is 13.8 Å². The minimum atomic E-state index is -4.21. The first-order valence-electron chi connectivity index (χ1n) is 5.39. The largest absolute Gasteiger partial charge is 0.374 e. The SMILES string of the molecule is CCOP(=O)(CCOCC(F)(F)C(F)F)OCC. The fourth-order valence-corrected chi connectivity index (χ4v) is 2.48. The van der Waals surface area contributed by atoms with E-state index in [0.717, 1.165) is 0 Å². The van der Waals surface area contributed by atoms with Gasteiger partial charge in [0.25, 0.3) is 0 Å². The summed E-state index contributed by atoms with van der Waals surface area (Å²) in [6.07, 6.45) is -4.04. The summed E-state index contributed by atoms with van der Waals surface area (Å²) in [5.74, 6) is -4.21. The number of halogens is 4. The summed E-state index contributed by atoms with van der Waals surface area (Å²) in [7, 11) is -3.38. The van der Waals surface area contributed by atoms with Crippen LogP contribution in [0.5, 0.6) is 0 Å². The van der Waals surface area contributed by atoms with Crippen LogP contribution in [0.4, 0.5) is 17.6 Å². The van der Waals surface area contributed by atoms with Gasteiger partial charge in [-0.2, -0.15) is 8.78 Å². The first-order chi connectivity index (χ1) is 8.27. The van der Waals surface area contributed by atoms with Crippen LogP contribution in [0.3, 0.4) is 0 Å². The lowest BCUT2D eigenvalue weighted by Crippen LogP contribution is -2.32. The number of hydrogen-bond acceptors (Lipinski definition) is 4. The molecule has 0 spiro atoms. The Morgan fingerprint density at radius 2 is 1.67 bits per heavy atom. The fourth-order valence-electron chi connectivity index (χ4n) is 1.01. The predicted molar refractivity (Wildman–Crippen MR) is 57.5 cm³/mol. The van der Waals surface area contributed by atoms with Crippen LogP contribution in [-0.4, -0.2) is 44.9 Å². The Balaban J connectivity index is 4.05. The van der Waals surface area contributed by atoms with E-state index in [4.69, 9.17) is 9.05 Å². The van der Waals surface area contributed by atoms with Gasteiger partial charge in [0.15, 0.2) is 0 Å². The lowest BCUT2D eigenvalue weighted by molar-refractivity contribution is -0.164.